The second-order valence-electron chi connectivity index (χ2n) is 7.96. The molecule has 0 unspecified atom stereocenters. The summed E-state index contributed by atoms with van der Waals surface area (Å²) < 4.78 is 0. The predicted octanol–water partition coefficient (Wildman–Crippen LogP) is 6.41. The molecule has 0 fully saturated rings. The van der Waals surface area contributed by atoms with E-state index in [0.29, 0.717) is 5.25 Å². The molecule has 2 aromatic rings. The minimum atomic E-state index is 0.0559. The zero-order valence-electron chi connectivity index (χ0n) is 14.6. The zero-order chi connectivity index (χ0) is 16.4. The third-order valence-corrected chi connectivity index (χ3v) is 6.15. The Labute approximate surface area is 144 Å². The van der Waals surface area contributed by atoms with E-state index in [1.165, 1.54) is 22.3 Å². The summed E-state index contributed by atoms with van der Waals surface area (Å²) in [5.74, 6) is 0. The Morgan fingerprint density at radius 3 is 1.74 bits per heavy atom. The number of fused-ring (bicyclic) bond motifs is 5. The third-order valence-electron chi connectivity index (χ3n) is 4.94. The van der Waals surface area contributed by atoms with Gasteiger partial charge in [0.15, 0.2) is 0 Å². The van der Waals surface area contributed by atoms with Gasteiger partial charge in [-0.05, 0) is 33.2 Å². The van der Waals surface area contributed by atoms with E-state index in [9.17, 15) is 0 Å². The summed E-state index contributed by atoms with van der Waals surface area (Å²) in [7, 11) is 0. The van der Waals surface area contributed by atoms with Gasteiger partial charge < -0.3 is 0 Å². The minimum Gasteiger partial charge on any atom is -0.126 e. The largest absolute Gasteiger partial charge is 0.126 e. The van der Waals surface area contributed by atoms with E-state index in [0.717, 1.165) is 0 Å². The van der Waals surface area contributed by atoms with Crippen LogP contribution in [-0.4, -0.2) is 5.25 Å². The maximum absolute atomic E-state index is 2.36. The van der Waals surface area contributed by atoms with Gasteiger partial charge in [-0.3, -0.25) is 0 Å². The van der Waals surface area contributed by atoms with Crippen molar-refractivity contribution < 1.29 is 0 Å². The van der Waals surface area contributed by atoms with E-state index in [2.05, 4.69) is 94.9 Å². The fraction of sp³-hybridized carbons (Fsp3) is 0.364. The first-order chi connectivity index (χ1) is 10.9. The second kappa shape index (κ2) is 4.77. The Bertz CT molecular complexity index is 772. The highest BCUT2D eigenvalue weighted by molar-refractivity contribution is 8.04. The van der Waals surface area contributed by atoms with Gasteiger partial charge in [0.1, 0.15) is 0 Å². The lowest BCUT2D eigenvalue weighted by Crippen LogP contribution is -2.18. The van der Waals surface area contributed by atoms with E-state index in [4.69, 9.17) is 0 Å². The summed E-state index contributed by atoms with van der Waals surface area (Å²) in [6, 6.07) is 18.0. The average Bonchev–Trinajstić information content (AvgIpc) is 3.06. The molecular formula is C22H24S. The summed E-state index contributed by atoms with van der Waals surface area (Å²) in [6.45, 7) is 11.7. The highest BCUT2D eigenvalue weighted by atomic mass is 32.2. The van der Waals surface area contributed by atoms with Crippen molar-refractivity contribution in [2.75, 3.05) is 0 Å². The van der Waals surface area contributed by atoms with Crippen LogP contribution in [0.3, 0.4) is 0 Å². The van der Waals surface area contributed by atoms with Gasteiger partial charge in [-0.25, -0.2) is 0 Å². The molecular weight excluding hydrogens is 296 g/mol. The lowest BCUT2D eigenvalue weighted by atomic mass is 9.79. The molecule has 2 aliphatic rings. The molecule has 118 valence electrons. The zero-order valence-corrected chi connectivity index (χ0v) is 15.4. The number of hydrogen-bond acceptors (Lipinski definition) is 1. The van der Waals surface area contributed by atoms with Gasteiger partial charge in [-0.15, -0.1) is 11.8 Å². The van der Waals surface area contributed by atoms with Gasteiger partial charge in [-0.1, -0.05) is 83.1 Å². The Morgan fingerprint density at radius 2 is 1.30 bits per heavy atom. The van der Waals surface area contributed by atoms with E-state index < -0.39 is 0 Å². The molecule has 0 radical (unpaired) electrons. The molecule has 23 heavy (non-hydrogen) atoms. The molecule has 0 amide bonds. The lowest BCUT2D eigenvalue weighted by molar-refractivity contribution is 0.496. The first kappa shape index (κ1) is 15.1. The van der Waals surface area contributed by atoms with Crippen LogP contribution in [0.25, 0.3) is 11.1 Å². The van der Waals surface area contributed by atoms with Crippen LogP contribution >= 0.6 is 11.8 Å². The molecule has 0 bridgehead atoms. The highest BCUT2D eigenvalue weighted by Crippen LogP contribution is 2.73. The SMILES string of the molecule is CC(C)SC1=C(C(C)(C)C)C12c1ccccc1-c1ccccc12. The van der Waals surface area contributed by atoms with E-state index in [1.54, 1.807) is 10.5 Å². The number of thioether (sulfide) groups is 1. The van der Waals surface area contributed by atoms with Crippen LogP contribution in [0.2, 0.25) is 0 Å². The van der Waals surface area contributed by atoms with Crippen LogP contribution in [0.4, 0.5) is 0 Å². The van der Waals surface area contributed by atoms with Crippen LogP contribution < -0.4 is 0 Å². The fourth-order valence-corrected chi connectivity index (χ4v) is 5.79. The summed E-state index contributed by atoms with van der Waals surface area (Å²) in [5.41, 5.74) is 7.71. The van der Waals surface area contributed by atoms with E-state index >= 15 is 0 Å². The number of hydrogen-bond donors (Lipinski definition) is 0. The highest BCUT2D eigenvalue weighted by Gasteiger charge is 2.63. The quantitative estimate of drug-likeness (QED) is 0.616. The molecule has 0 N–H and O–H groups in total. The number of allylic oxidation sites excluding steroid dienone is 2. The summed E-state index contributed by atoms with van der Waals surface area (Å²) in [6.07, 6.45) is 0. The van der Waals surface area contributed by atoms with Crippen LogP contribution in [0.1, 0.15) is 45.7 Å². The lowest BCUT2D eigenvalue weighted by Gasteiger charge is -2.24. The van der Waals surface area contributed by atoms with Crippen molar-refractivity contribution >= 4 is 11.8 Å². The number of rotatable bonds is 2. The molecule has 2 aromatic carbocycles. The molecule has 0 saturated carbocycles. The second-order valence-corrected chi connectivity index (χ2v) is 9.55. The molecule has 1 spiro atoms. The van der Waals surface area contributed by atoms with Gasteiger partial charge in [0, 0.05) is 10.2 Å². The van der Waals surface area contributed by atoms with Crippen molar-refractivity contribution in [3.05, 3.63) is 70.1 Å². The first-order valence-corrected chi connectivity index (χ1v) is 9.38. The smallest absolute Gasteiger partial charge is 0.0749 e. The standard InChI is InChI=1S/C22H24S/c1-14(2)23-20-19(21(3,4)5)22(20)17-12-8-6-10-15(17)16-11-7-9-13-18(16)22/h6-14H,1-5H3. The van der Waals surface area contributed by atoms with Crippen molar-refractivity contribution in [3.63, 3.8) is 0 Å². The average molecular weight is 321 g/mol. The Hall–Kier alpha value is -1.47. The summed E-state index contributed by atoms with van der Waals surface area (Å²) in [5, 5.41) is 0.613. The Balaban J connectivity index is 1.99. The summed E-state index contributed by atoms with van der Waals surface area (Å²) >= 11 is 2.06. The molecule has 2 aliphatic carbocycles. The molecule has 0 aromatic heterocycles. The minimum absolute atomic E-state index is 0.0559. The Kier molecular flexibility index (Phi) is 3.13. The molecule has 1 heteroatoms. The van der Waals surface area contributed by atoms with Crippen LogP contribution in [0, 0.1) is 5.41 Å². The number of benzene rings is 2. The monoisotopic (exact) mass is 320 g/mol. The molecule has 4 rings (SSSR count). The first-order valence-electron chi connectivity index (χ1n) is 8.50. The van der Waals surface area contributed by atoms with Gasteiger partial charge in [-0.2, -0.15) is 0 Å². The van der Waals surface area contributed by atoms with Crippen molar-refractivity contribution in [1.82, 2.24) is 0 Å². The van der Waals surface area contributed by atoms with E-state index in [1.807, 2.05) is 0 Å². The maximum Gasteiger partial charge on any atom is 0.0749 e. The van der Waals surface area contributed by atoms with Crippen LogP contribution in [-0.2, 0) is 5.41 Å². The normalized spacial score (nSPS) is 17.7. The van der Waals surface area contributed by atoms with Crippen LogP contribution in [0.5, 0.6) is 0 Å². The van der Waals surface area contributed by atoms with Crippen LogP contribution in [0.15, 0.2) is 59.0 Å². The van der Waals surface area contributed by atoms with Gasteiger partial charge in [0.05, 0.1) is 5.41 Å². The van der Waals surface area contributed by atoms with Crippen molar-refractivity contribution in [1.29, 1.82) is 0 Å². The Morgan fingerprint density at radius 1 is 0.826 bits per heavy atom. The fourth-order valence-electron chi connectivity index (χ4n) is 4.29. The van der Waals surface area contributed by atoms with Crippen molar-refractivity contribution in [2.45, 2.75) is 45.3 Å². The van der Waals surface area contributed by atoms with Gasteiger partial charge in [0.25, 0.3) is 0 Å². The predicted molar refractivity (Wildman–Crippen MR) is 102 cm³/mol. The molecule has 0 atom stereocenters. The maximum atomic E-state index is 2.36. The third kappa shape index (κ3) is 1.92. The van der Waals surface area contributed by atoms with E-state index in [-0.39, 0.29) is 10.8 Å². The molecule has 0 aliphatic heterocycles. The molecule has 0 heterocycles. The van der Waals surface area contributed by atoms with Gasteiger partial charge >= 0.3 is 0 Å². The topological polar surface area (TPSA) is 0 Å². The summed E-state index contributed by atoms with van der Waals surface area (Å²) in [4.78, 5) is 1.59. The molecule has 0 saturated heterocycles. The van der Waals surface area contributed by atoms with Gasteiger partial charge in [0.2, 0.25) is 0 Å². The van der Waals surface area contributed by atoms with Crippen molar-refractivity contribution in [3.8, 4) is 11.1 Å². The molecule has 0 nitrogen and oxygen atoms in total. The van der Waals surface area contributed by atoms with Crippen molar-refractivity contribution in [2.24, 2.45) is 5.41 Å².